The molecule has 0 saturated carbocycles. The number of hydrogen-bond acceptors (Lipinski definition) is 2. The summed E-state index contributed by atoms with van der Waals surface area (Å²) in [6.07, 6.45) is -3.82. The number of aromatic nitrogens is 1. The molecule has 0 spiro atoms. The van der Waals surface area contributed by atoms with Crippen molar-refractivity contribution in [3.8, 4) is 0 Å². The third-order valence-electron chi connectivity index (χ3n) is 2.76. The molecule has 1 heterocycles. The molecule has 0 saturated heterocycles. The van der Waals surface area contributed by atoms with Crippen molar-refractivity contribution < 1.29 is 31.5 Å². The van der Waals surface area contributed by atoms with Crippen molar-refractivity contribution >= 4 is 11.8 Å². The number of nitrogens with zero attached hydrogens (tertiary/aromatic N) is 1. The minimum atomic E-state index is -4.87. The first-order valence-corrected chi connectivity index (χ1v) is 5.60. The molecular formula is C11H12F5N3O2. The molecule has 0 aliphatic rings. The van der Waals surface area contributed by atoms with Gasteiger partial charge in [0.05, 0.1) is 5.56 Å². The Morgan fingerprint density at radius 1 is 1.29 bits per heavy atom. The quantitative estimate of drug-likeness (QED) is 0.822. The summed E-state index contributed by atoms with van der Waals surface area (Å²) in [5.74, 6) is -7.74. The lowest BCUT2D eigenvalue weighted by molar-refractivity contribution is -0.169. The van der Waals surface area contributed by atoms with E-state index in [0.29, 0.717) is 6.92 Å². The average Bonchev–Trinajstić information content (AvgIpc) is 2.70. The van der Waals surface area contributed by atoms with Crippen LogP contribution in [-0.4, -0.2) is 28.6 Å². The van der Waals surface area contributed by atoms with Gasteiger partial charge in [-0.3, -0.25) is 9.59 Å². The monoisotopic (exact) mass is 313 g/mol. The Labute approximate surface area is 115 Å². The van der Waals surface area contributed by atoms with Crippen LogP contribution in [0.25, 0.3) is 0 Å². The van der Waals surface area contributed by atoms with Crippen molar-refractivity contribution in [3.05, 3.63) is 23.5 Å². The zero-order chi connectivity index (χ0) is 16.6. The number of nitrogens with two attached hydrogens (primary N) is 1. The molecule has 1 rings (SSSR count). The Hall–Kier alpha value is -2.13. The first kappa shape index (κ1) is 16.9. The Bertz CT molecular complexity index is 565. The fourth-order valence-corrected chi connectivity index (χ4v) is 1.60. The van der Waals surface area contributed by atoms with Crippen molar-refractivity contribution in [2.45, 2.75) is 25.1 Å². The van der Waals surface area contributed by atoms with Gasteiger partial charge in [0, 0.05) is 13.2 Å². The lowest BCUT2D eigenvalue weighted by Crippen LogP contribution is -2.49. The maximum atomic E-state index is 14.0. The molecule has 0 aliphatic heterocycles. The first-order chi connectivity index (χ1) is 9.39. The van der Waals surface area contributed by atoms with Crippen LogP contribution in [0.5, 0.6) is 0 Å². The van der Waals surface area contributed by atoms with Crippen molar-refractivity contribution in [2.24, 2.45) is 12.8 Å². The fourth-order valence-electron chi connectivity index (χ4n) is 1.60. The summed E-state index contributed by atoms with van der Waals surface area (Å²) in [6.45, 7) is 0.522. The molecule has 10 heteroatoms. The molecule has 3 N–H and O–H groups in total. The average molecular weight is 313 g/mol. The van der Waals surface area contributed by atoms with Crippen LogP contribution < -0.4 is 11.1 Å². The maximum absolute atomic E-state index is 14.0. The highest BCUT2D eigenvalue weighted by molar-refractivity contribution is 5.97. The van der Waals surface area contributed by atoms with Gasteiger partial charge in [0.15, 0.2) is 0 Å². The highest BCUT2D eigenvalue weighted by Gasteiger charge is 2.48. The van der Waals surface area contributed by atoms with Crippen molar-refractivity contribution in [2.75, 3.05) is 0 Å². The number of carbonyl (C=O) groups excluding carboxylic acids is 2. The van der Waals surface area contributed by atoms with Crippen LogP contribution in [0.2, 0.25) is 0 Å². The second-order valence-electron chi connectivity index (χ2n) is 4.36. The highest BCUT2D eigenvalue weighted by atomic mass is 19.4. The van der Waals surface area contributed by atoms with Gasteiger partial charge < -0.3 is 15.6 Å². The number of primary amides is 1. The van der Waals surface area contributed by atoms with E-state index in [0.717, 1.165) is 29.2 Å². The lowest BCUT2D eigenvalue weighted by Gasteiger charge is -2.22. The standard InChI is InChI=1S/C11H12F5N3O2/c1-5(11(14,15)16)18-9(21)10(12,13)7-6(8(17)20)3-4-19(7)2/h3-5H,1-2H3,(H2,17,20)(H,18,21). The Balaban J connectivity index is 3.14. The van der Waals surface area contributed by atoms with E-state index in [1.54, 1.807) is 0 Å². The van der Waals surface area contributed by atoms with Gasteiger partial charge in [0.2, 0.25) is 0 Å². The topological polar surface area (TPSA) is 77.1 Å². The molecule has 2 amide bonds. The third-order valence-corrected chi connectivity index (χ3v) is 2.76. The smallest absolute Gasteiger partial charge is 0.366 e. The number of amides is 2. The second-order valence-corrected chi connectivity index (χ2v) is 4.36. The minimum Gasteiger partial charge on any atom is -0.366 e. The lowest BCUT2D eigenvalue weighted by atomic mass is 10.1. The van der Waals surface area contributed by atoms with Crippen molar-refractivity contribution in [1.29, 1.82) is 0 Å². The SMILES string of the molecule is CC(NC(=O)C(F)(F)c1c(C(N)=O)ccn1C)C(F)(F)F. The Morgan fingerprint density at radius 3 is 2.24 bits per heavy atom. The van der Waals surface area contributed by atoms with Crippen LogP contribution in [0.3, 0.4) is 0 Å². The summed E-state index contributed by atoms with van der Waals surface area (Å²) in [4.78, 5) is 22.5. The number of halogens is 5. The molecule has 1 atom stereocenters. The van der Waals surface area contributed by atoms with Crippen LogP contribution >= 0.6 is 0 Å². The maximum Gasteiger partial charge on any atom is 0.408 e. The molecular weight excluding hydrogens is 301 g/mol. The summed E-state index contributed by atoms with van der Waals surface area (Å²) in [5, 5.41) is 1.16. The van der Waals surface area contributed by atoms with Crippen molar-refractivity contribution in [3.63, 3.8) is 0 Å². The van der Waals surface area contributed by atoms with Gasteiger partial charge in [-0.25, -0.2) is 0 Å². The summed E-state index contributed by atoms with van der Waals surface area (Å²) >= 11 is 0. The van der Waals surface area contributed by atoms with Crippen LogP contribution in [0.15, 0.2) is 12.3 Å². The van der Waals surface area contributed by atoms with Gasteiger partial charge in [-0.05, 0) is 13.0 Å². The van der Waals surface area contributed by atoms with Crippen LogP contribution in [0.4, 0.5) is 22.0 Å². The number of alkyl halides is 5. The molecule has 0 fully saturated rings. The second kappa shape index (κ2) is 5.34. The van der Waals surface area contributed by atoms with E-state index in [1.807, 2.05) is 0 Å². The highest BCUT2D eigenvalue weighted by Crippen LogP contribution is 2.32. The molecule has 0 aromatic carbocycles. The molecule has 118 valence electrons. The van der Waals surface area contributed by atoms with Crippen LogP contribution in [0.1, 0.15) is 23.0 Å². The molecule has 21 heavy (non-hydrogen) atoms. The molecule has 0 radical (unpaired) electrons. The number of hydrogen-bond donors (Lipinski definition) is 2. The van der Waals surface area contributed by atoms with E-state index in [9.17, 15) is 31.5 Å². The summed E-state index contributed by atoms with van der Waals surface area (Å²) in [6, 6.07) is -1.51. The van der Waals surface area contributed by atoms with E-state index in [4.69, 9.17) is 5.73 Å². The van der Waals surface area contributed by atoms with Crippen LogP contribution in [-0.2, 0) is 17.8 Å². The molecule has 0 bridgehead atoms. The van der Waals surface area contributed by atoms with Gasteiger partial charge >= 0.3 is 12.1 Å². The number of carbonyl (C=O) groups is 2. The third kappa shape index (κ3) is 3.31. The molecule has 5 nitrogen and oxygen atoms in total. The normalized spacial score (nSPS) is 13.9. The van der Waals surface area contributed by atoms with Gasteiger partial charge in [-0.1, -0.05) is 0 Å². The van der Waals surface area contributed by atoms with E-state index in [2.05, 4.69) is 0 Å². The first-order valence-electron chi connectivity index (χ1n) is 5.60. The van der Waals surface area contributed by atoms with E-state index in [1.165, 1.54) is 0 Å². The zero-order valence-electron chi connectivity index (χ0n) is 11.0. The predicted molar refractivity (Wildman–Crippen MR) is 61.5 cm³/mol. The van der Waals surface area contributed by atoms with Gasteiger partial charge in [0.25, 0.3) is 11.8 Å². The van der Waals surface area contributed by atoms with E-state index >= 15 is 0 Å². The fraction of sp³-hybridized carbons (Fsp3) is 0.455. The number of aryl methyl sites for hydroxylation is 1. The molecule has 1 unspecified atom stereocenters. The summed E-state index contributed by atoms with van der Waals surface area (Å²) in [7, 11) is 1.11. The number of rotatable bonds is 4. The number of nitrogens with one attached hydrogen (secondary N) is 1. The summed E-state index contributed by atoms with van der Waals surface area (Å²) < 4.78 is 65.6. The molecule has 1 aromatic rings. The van der Waals surface area contributed by atoms with Crippen molar-refractivity contribution in [1.82, 2.24) is 9.88 Å². The van der Waals surface area contributed by atoms with Gasteiger partial charge in [-0.2, -0.15) is 22.0 Å². The van der Waals surface area contributed by atoms with Crippen LogP contribution in [0, 0.1) is 0 Å². The largest absolute Gasteiger partial charge is 0.408 e. The Kier molecular flexibility index (Phi) is 4.30. The van der Waals surface area contributed by atoms with Gasteiger partial charge in [0.1, 0.15) is 11.7 Å². The molecule has 0 aliphatic carbocycles. The van der Waals surface area contributed by atoms with E-state index in [-0.39, 0.29) is 0 Å². The molecule has 1 aromatic heterocycles. The Morgan fingerprint density at radius 2 is 1.81 bits per heavy atom. The predicted octanol–water partition coefficient (Wildman–Crippen LogP) is 1.28. The summed E-state index contributed by atoms with van der Waals surface area (Å²) in [5.41, 5.74) is 3.19. The van der Waals surface area contributed by atoms with E-state index < -0.39 is 41.2 Å². The minimum absolute atomic E-state index is 0.522. The van der Waals surface area contributed by atoms with Gasteiger partial charge in [-0.15, -0.1) is 0 Å². The zero-order valence-corrected chi connectivity index (χ0v) is 11.0.